The van der Waals surface area contributed by atoms with Gasteiger partial charge in [0, 0.05) is 18.3 Å². The van der Waals surface area contributed by atoms with Gasteiger partial charge in [-0.1, -0.05) is 23.1 Å². The van der Waals surface area contributed by atoms with E-state index in [0.717, 1.165) is 0 Å². The highest BCUT2D eigenvalue weighted by Gasteiger charge is 2.39. The highest BCUT2D eigenvalue weighted by Crippen LogP contribution is 2.27. The van der Waals surface area contributed by atoms with E-state index < -0.39 is 5.72 Å². The highest BCUT2D eigenvalue weighted by atomic mass is 16.6. The number of benzene rings is 1. The predicted octanol–water partition coefficient (Wildman–Crippen LogP) is 3.11. The van der Waals surface area contributed by atoms with Crippen LogP contribution in [0.5, 0.6) is 0 Å². The van der Waals surface area contributed by atoms with Crippen LogP contribution in [0.3, 0.4) is 0 Å². The molecule has 0 spiro atoms. The number of hydroxylamine groups is 1. The van der Waals surface area contributed by atoms with Crippen LogP contribution in [-0.4, -0.2) is 24.8 Å². The first kappa shape index (κ1) is 13.3. The van der Waals surface area contributed by atoms with Crippen molar-refractivity contribution in [1.29, 1.82) is 0 Å². The first-order chi connectivity index (χ1) is 9.20. The van der Waals surface area contributed by atoms with Crippen LogP contribution in [0.4, 0.5) is 5.69 Å². The van der Waals surface area contributed by atoms with Crippen LogP contribution in [0.15, 0.2) is 59.4 Å². The number of hydrogen-bond donors (Lipinski definition) is 0. The van der Waals surface area contributed by atoms with Crippen molar-refractivity contribution in [2.75, 3.05) is 14.2 Å². The van der Waals surface area contributed by atoms with E-state index in [2.05, 4.69) is 5.11 Å². The lowest BCUT2D eigenvalue weighted by molar-refractivity contribution is -0.644. The van der Waals surface area contributed by atoms with Gasteiger partial charge in [0.25, 0.3) is 0 Å². The standard InChI is InChI=1S/C14H16N2O3/c1-18-13-8-10-14(19-2,11-9-13)16(17)15-12-6-4-3-5-7-12/h3-10H,11H2,1-2H3. The Morgan fingerprint density at radius 1 is 1.26 bits per heavy atom. The Morgan fingerprint density at radius 3 is 2.53 bits per heavy atom. The molecule has 1 aliphatic rings. The SMILES string of the molecule is COC1=CCC(OC)([N+]([O-])=Nc2ccccc2)C=C1. The maximum Gasteiger partial charge on any atom is 0.326 e. The van der Waals surface area contributed by atoms with Gasteiger partial charge >= 0.3 is 5.72 Å². The van der Waals surface area contributed by atoms with Crippen molar-refractivity contribution in [3.63, 3.8) is 0 Å². The molecule has 0 bridgehead atoms. The quantitative estimate of drug-likeness (QED) is 0.362. The number of ether oxygens (including phenoxy) is 2. The van der Waals surface area contributed by atoms with Crippen LogP contribution in [0.1, 0.15) is 6.42 Å². The van der Waals surface area contributed by atoms with E-state index >= 15 is 0 Å². The summed E-state index contributed by atoms with van der Waals surface area (Å²) in [6.07, 6.45) is 5.54. The Morgan fingerprint density at radius 2 is 2.00 bits per heavy atom. The normalized spacial score (nSPS) is 23.1. The van der Waals surface area contributed by atoms with Crippen LogP contribution in [0, 0.1) is 5.21 Å². The largest absolute Gasteiger partial charge is 0.597 e. The molecule has 1 aromatic carbocycles. The monoisotopic (exact) mass is 260 g/mol. The minimum atomic E-state index is -1.11. The molecule has 0 heterocycles. The summed E-state index contributed by atoms with van der Waals surface area (Å²) in [6, 6.07) is 9.04. The van der Waals surface area contributed by atoms with Gasteiger partial charge in [-0.05, 0) is 24.3 Å². The topological polar surface area (TPSA) is 56.9 Å². The van der Waals surface area contributed by atoms with Gasteiger partial charge in [0.15, 0.2) is 0 Å². The van der Waals surface area contributed by atoms with E-state index in [-0.39, 0.29) is 0 Å². The third-order valence-electron chi connectivity index (χ3n) is 2.98. The molecule has 0 radical (unpaired) electrons. The molecule has 19 heavy (non-hydrogen) atoms. The van der Waals surface area contributed by atoms with Gasteiger partial charge < -0.3 is 14.7 Å². The summed E-state index contributed by atoms with van der Waals surface area (Å²) in [6.45, 7) is 0. The van der Waals surface area contributed by atoms with Crippen LogP contribution < -0.4 is 0 Å². The fraction of sp³-hybridized carbons (Fsp3) is 0.286. The first-order valence-electron chi connectivity index (χ1n) is 5.93. The number of nitrogens with zero attached hydrogens (tertiary/aromatic N) is 2. The molecule has 0 aliphatic heterocycles. The fourth-order valence-corrected chi connectivity index (χ4v) is 1.80. The smallest absolute Gasteiger partial charge is 0.326 e. The molecule has 1 atom stereocenters. The molecule has 100 valence electrons. The van der Waals surface area contributed by atoms with Crippen molar-refractivity contribution in [2.24, 2.45) is 5.11 Å². The van der Waals surface area contributed by atoms with Crippen molar-refractivity contribution in [1.82, 2.24) is 0 Å². The average Bonchev–Trinajstić information content (AvgIpc) is 2.48. The molecule has 0 aromatic heterocycles. The fourth-order valence-electron chi connectivity index (χ4n) is 1.80. The Bertz CT molecular complexity index is 523. The maximum absolute atomic E-state index is 12.2. The Labute approximate surface area is 112 Å². The zero-order valence-electron chi connectivity index (χ0n) is 10.9. The summed E-state index contributed by atoms with van der Waals surface area (Å²) < 4.78 is 10.4. The number of azo groups is 1. The number of rotatable bonds is 4. The third-order valence-corrected chi connectivity index (χ3v) is 2.98. The molecule has 0 saturated carbocycles. The van der Waals surface area contributed by atoms with Gasteiger partial charge in [-0.25, -0.2) is 0 Å². The Kier molecular flexibility index (Phi) is 3.97. The zero-order chi connectivity index (χ0) is 13.7. The van der Waals surface area contributed by atoms with Gasteiger partial charge in [0.2, 0.25) is 0 Å². The second-order valence-corrected chi connectivity index (χ2v) is 4.11. The van der Waals surface area contributed by atoms with Gasteiger partial charge in [0.1, 0.15) is 11.4 Å². The summed E-state index contributed by atoms with van der Waals surface area (Å²) in [5, 5.41) is 16.2. The van der Waals surface area contributed by atoms with Crippen LogP contribution >= 0.6 is 0 Å². The second kappa shape index (κ2) is 5.67. The Balaban J connectivity index is 2.26. The molecular weight excluding hydrogens is 244 g/mol. The first-order valence-corrected chi connectivity index (χ1v) is 5.93. The summed E-state index contributed by atoms with van der Waals surface area (Å²) in [5.41, 5.74) is -0.526. The lowest BCUT2D eigenvalue weighted by Crippen LogP contribution is -2.39. The summed E-state index contributed by atoms with van der Waals surface area (Å²) in [5.74, 6) is 0.709. The molecular formula is C14H16N2O3. The van der Waals surface area contributed by atoms with Crippen LogP contribution in [0.2, 0.25) is 0 Å². The minimum absolute atomic E-state index is 0.378. The molecule has 0 N–H and O–H groups in total. The summed E-state index contributed by atoms with van der Waals surface area (Å²) >= 11 is 0. The number of allylic oxidation sites excluding steroid dienone is 1. The van der Waals surface area contributed by atoms with Gasteiger partial charge in [-0.15, -0.1) is 0 Å². The molecule has 0 amide bonds. The molecule has 5 nitrogen and oxygen atoms in total. The van der Waals surface area contributed by atoms with Crippen molar-refractivity contribution >= 4 is 5.69 Å². The molecule has 5 heteroatoms. The lowest BCUT2D eigenvalue weighted by atomic mass is 10.0. The van der Waals surface area contributed by atoms with Gasteiger partial charge in [-0.3, -0.25) is 0 Å². The minimum Gasteiger partial charge on any atom is -0.597 e. The lowest BCUT2D eigenvalue weighted by Gasteiger charge is -2.25. The molecule has 2 rings (SSSR count). The van der Waals surface area contributed by atoms with E-state index in [9.17, 15) is 5.21 Å². The van der Waals surface area contributed by atoms with E-state index in [0.29, 0.717) is 22.7 Å². The molecule has 1 unspecified atom stereocenters. The van der Waals surface area contributed by atoms with Crippen LogP contribution in [-0.2, 0) is 9.47 Å². The van der Waals surface area contributed by atoms with Gasteiger partial charge in [-0.2, -0.15) is 0 Å². The molecule has 0 saturated heterocycles. The third kappa shape index (κ3) is 2.82. The van der Waals surface area contributed by atoms with Crippen molar-refractivity contribution < 1.29 is 14.3 Å². The number of hydrogen-bond acceptors (Lipinski definition) is 4. The molecule has 0 fully saturated rings. The molecule has 1 aromatic rings. The van der Waals surface area contributed by atoms with E-state index in [4.69, 9.17) is 9.47 Å². The van der Waals surface area contributed by atoms with E-state index in [1.807, 2.05) is 18.2 Å². The van der Waals surface area contributed by atoms with Gasteiger partial charge in [0.05, 0.1) is 13.5 Å². The highest BCUT2D eigenvalue weighted by molar-refractivity contribution is 5.34. The Hall–Kier alpha value is -2.14. The maximum atomic E-state index is 12.2. The van der Waals surface area contributed by atoms with Crippen molar-refractivity contribution in [3.8, 4) is 0 Å². The second-order valence-electron chi connectivity index (χ2n) is 4.11. The summed E-state index contributed by atoms with van der Waals surface area (Å²) in [7, 11) is 3.07. The van der Waals surface area contributed by atoms with Crippen molar-refractivity contribution in [2.45, 2.75) is 12.1 Å². The average molecular weight is 260 g/mol. The number of methoxy groups -OCH3 is 2. The molecule has 1 aliphatic carbocycles. The zero-order valence-corrected chi connectivity index (χ0v) is 10.9. The van der Waals surface area contributed by atoms with Crippen molar-refractivity contribution in [3.05, 3.63) is 59.5 Å². The van der Waals surface area contributed by atoms with E-state index in [1.54, 1.807) is 37.5 Å². The van der Waals surface area contributed by atoms with E-state index in [1.165, 1.54) is 7.11 Å². The predicted molar refractivity (Wildman–Crippen MR) is 70.7 cm³/mol. The summed E-state index contributed by atoms with van der Waals surface area (Å²) in [4.78, 5) is 0.585. The van der Waals surface area contributed by atoms with Crippen LogP contribution in [0.25, 0.3) is 0 Å².